The summed E-state index contributed by atoms with van der Waals surface area (Å²) in [6.07, 6.45) is 7.51. The summed E-state index contributed by atoms with van der Waals surface area (Å²) in [5.74, 6) is -4.88. The van der Waals surface area contributed by atoms with Gasteiger partial charge < -0.3 is 24.6 Å². The van der Waals surface area contributed by atoms with Crippen LogP contribution in [0.2, 0.25) is 0 Å². The molecule has 276 valence electrons. The highest BCUT2D eigenvalue weighted by atomic mass is 16.5. The first-order valence-electron chi connectivity index (χ1n) is 18.2. The third kappa shape index (κ3) is 5.65. The Balaban J connectivity index is 1.32. The number of carbonyl (C=O) groups is 4. The number of hydrogen-bond donors (Lipinski definition) is 3. The van der Waals surface area contributed by atoms with Gasteiger partial charge in [-0.25, -0.2) is 0 Å². The first-order valence-corrected chi connectivity index (χ1v) is 18.2. The quantitative estimate of drug-likeness (QED) is 0.133. The lowest BCUT2D eigenvalue weighted by molar-refractivity contribution is -0.135. The van der Waals surface area contributed by atoms with E-state index in [1.54, 1.807) is 42.5 Å². The van der Waals surface area contributed by atoms with Crippen LogP contribution in [0.15, 0.2) is 121 Å². The predicted octanol–water partition coefficient (Wildman–Crippen LogP) is 4.66. The second-order valence-electron chi connectivity index (χ2n) is 14.4. The van der Waals surface area contributed by atoms with Crippen LogP contribution in [0.5, 0.6) is 17.2 Å². The smallest absolute Gasteiger partial charge is 0.488 e. The van der Waals surface area contributed by atoms with Crippen LogP contribution in [0.25, 0.3) is 11.6 Å². The zero-order valence-corrected chi connectivity index (χ0v) is 30.2. The van der Waals surface area contributed by atoms with Crippen molar-refractivity contribution in [3.8, 4) is 17.2 Å². The molecule has 0 radical (unpaired) electrons. The van der Waals surface area contributed by atoms with Crippen LogP contribution in [0.3, 0.4) is 0 Å². The van der Waals surface area contributed by atoms with Crippen molar-refractivity contribution in [1.29, 1.82) is 0 Å². The summed E-state index contributed by atoms with van der Waals surface area (Å²) < 4.78 is 10.8. The number of phenolic OH excluding ortho intramolecular Hbond substituents is 1. The molecule has 8 rings (SSSR count). The molecule has 1 heterocycles. The van der Waals surface area contributed by atoms with Crippen LogP contribution in [0, 0.1) is 29.6 Å². The van der Waals surface area contributed by atoms with E-state index < -0.39 is 53.9 Å². The molecule has 1 saturated carbocycles. The summed E-state index contributed by atoms with van der Waals surface area (Å²) >= 11 is 0. The highest BCUT2D eigenvalue weighted by Gasteiger charge is 2.65. The van der Waals surface area contributed by atoms with Crippen molar-refractivity contribution in [1.82, 2.24) is 0 Å². The molecule has 1 aliphatic heterocycles. The Morgan fingerprint density at radius 1 is 0.818 bits per heavy atom. The van der Waals surface area contributed by atoms with Crippen molar-refractivity contribution in [3.05, 3.63) is 138 Å². The van der Waals surface area contributed by atoms with Crippen molar-refractivity contribution < 1.29 is 43.8 Å². The van der Waals surface area contributed by atoms with Crippen molar-refractivity contribution in [3.63, 3.8) is 0 Å². The summed E-state index contributed by atoms with van der Waals surface area (Å²) in [6.45, 7) is 0. The molecule has 2 fully saturated rings. The van der Waals surface area contributed by atoms with E-state index in [2.05, 4.69) is 0 Å². The normalized spacial score (nSPS) is 25.9. The predicted molar refractivity (Wildman–Crippen MR) is 206 cm³/mol. The van der Waals surface area contributed by atoms with Crippen LogP contribution >= 0.6 is 0 Å². The van der Waals surface area contributed by atoms with Crippen LogP contribution in [0.1, 0.15) is 29.5 Å². The third-order valence-electron chi connectivity index (χ3n) is 11.8. The highest BCUT2D eigenvalue weighted by molar-refractivity contribution is 6.58. The Kier molecular flexibility index (Phi) is 9.15. The van der Waals surface area contributed by atoms with Gasteiger partial charge in [0.25, 0.3) is 0 Å². The lowest BCUT2D eigenvalue weighted by atomic mass is 9.45. The number of hydrogen-bond acceptors (Lipinski definition) is 9. The van der Waals surface area contributed by atoms with Gasteiger partial charge in [0.2, 0.25) is 17.6 Å². The standard InChI is InChI=1S/C44H38BNO9/c1-54-36-20-25(21-37(55-2)41(36)49)16-19-34-30-17-18-31-39(43(51)46(42(31)50)29-15-9-14-28(22-29)45(52)53)33(30)23-35-40(48)32(26-10-5-3-6-11-26)24-38(47)44(34,35)27-12-7-4-8-13-27/h3-17,19-22,24,31,33-35,39,49,52-53H,18,23H2,1-2H3. The van der Waals surface area contributed by atoms with Gasteiger partial charge in [0.15, 0.2) is 23.1 Å². The molecule has 4 aromatic rings. The van der Waals surface area contributed by atoms with Crippen molar-refractivity contribution in [2.45, 2.75) is 18.3 Å². The van der Waals surface area contributed by atoms with Crippen molar-refractivity contribution in [2.24, 2.45) is 29.6 Å². The Hall–Kier alpha value is -6.04. The van der Waals surface area contributed by atoms with Gasteiger partial charge in [0.05, 0.1) is 37.2 Å². The fraction of sp³-hybridized carbons (Fsp3) is 0.227. The van der Waals surface area contributed by atoms with E-state index in [4.69, 9.17) is 9.47 Å². The minimum absolute atomic E-state index is 0.135. The molecule has 0 bridgehead atoms. The van der Waals surface area contributed by atoms with E-state index >= 15 is 9.59 Å². The second kappa shape index (κ2) is 14.0. The molecule has 3 aliphatic carbocycles. The van der Waals surface area contributed by atoms with Crippen molar-refractivity contribution in [2.75, 3.05) is 19.1 Å². The molecule has 4 aliphatic rings. The number of carbonyl (C=O) groups excluding carboxylic acids is 4. The van der Waals surface area contributed by atoms with Gasteiger partial charge in [0.1, 0.15) is 0 Å². The molecule has 1 saturated heterocycles. The van der Waals surface area contributed by atoms with Crippen LogP contribution in [0.4, 0.5) is 5.69 Å². The molecule has 10 nitrogen and oxygen atoms in total. The average Bonchev–Trinajstić information content (AvgIpc) is 3.47. The number of phenols is 1. The number of ether oxygens (including phenoxy) is 2. The number of rotatable bonds is 8. The van der Waals surface area contributed by atoms with E-state index in [-0.39, 0.29) is 52.8 Å². The SMILES string of the molecule is COc1cc(C=CC2C3=CCC4C(=O)N(c5cccc(B(O)O)c5)C(=O)C4C3CC3C(=O)C(c4ccccc4)=CC(=O)C23c2ccccc2)cc(OC)c1O. The number of benzene rings is 4. The lowest BCUT2D eigenvalue weighted by Crippen LogP contribution is -2.59. The zero-order valence-electron chi connectivity index (χ0n) is 30.2. The Morgan fingerprint density at radius 2 is 1.49 bits per heavy atom. The van der Waals surface area contributed by atoms with Gasteiger partial charge in [-0.1, -0.05) is 96.6 Å². The van der Waals surface area contributed by atoms with Gasteiger partial charge in [-0.15, -0.1) is 0 Å². The maximum Gasteiger partial charge on any atom is 0.488 e. The first-order chi connectivity index (χ1) is 26.6. The first kappa shape index (κ1) is 36.0. The summed E-state index contributed by atoms with van der Waals surface area (Å²) in [5.41, 5.74) is 1.93. The number of allylic oxidation sites excluding steroid dienone is 5. The molecule has 0 aromatic heterocycles. The van der Waals surface area contributed by atoms with Gasteiger partial charge in [-0.05, 0) is 71.3 Å². The molecule has 2 amide bonds. The largest absolute Gasteiger partial charge is 0.502 e. The van der Waals surface area contributed by atoms with Gasteiger partial charge in [-0.2, -0.15) is 0 Å². The minimum Gasteiger partial charge on any atom is -0.502 e. The van der Waals surface area contributed by atoms with Crippen molar-refractivity contribution >= 4 is 53.3 Å². The van der Waals surface area contributed by atoms with E-state index in [9.17, 15) is 24.7 Å². The molecular weight excluding hydrogens is 697 g/mol. The molecule has 4 aromatic carbocycles. The fourth-order valence-electron chi connectivity index (χ4n) is 9.42. The Labute approximate surface area is 318 Å². The molecule has 6 unspecified atom stereocenters. The Bertz CT molecular complexity index is 2290. The summed E-state index contributed by atoms with van der Waals surface area (Å²) in [4.78, 5) is 60.1. The number of ketones is 2. The number of amides is 2. The minimum atomic E-state index is -1.80. The molecule has 55 heavy (non-hydrogen) atoms. The summed E-state index contributed by atoms with van der Waals surface area (Å²) in [7, 11) is 1.07. The van der Waals surface area contributed by atoms with E-state index in [1.165, 1.54) is 32.4 Å². The number of fused-ring (bicyclic) bond motifs is 4. The fourth-order valence-corrected chi connectivity index (χ4v) is 9.42. The van der Waals surface area contributed by atoms with Gasteiger partial charge in [-0.3, -0.25) is 24.1 Å². The number of nitrogens with zero attached hydrogens (tertiary/aromatic N) is 1. The number of imide groups is 1. The Morgan fingerprint density at radius 3 is 2.15 bits per heavy atom. The lowest BCUT2D eigenvalue weighted by Gasteiger charge is -2.54. The van der Waals surface area contributed by atoms with E-state index in [0.29, 0.717) is 22.3 Å². The van der Waals surface area contributed by atoms with Crippen LogP contribution in [-0.4, -0.2) is 59.9 Å². The van der Waals surface area contributed by atoms with Crippen LogP contribution < -0.4 is 19.8 Å². The maximum absolute atomic E-state index is 15.2. The highest BCUT2D eigenvalue weighted by Crippen LogP contribution is 2.61. The molecule has 0 spiro atoms. The zero-order chi connectivity index (χ0) is 38.6. The summed E-state index contributed by atoms with van der Waals surface area (Å²) in [5, 5.41) is 30.3. The van der Waals surface area contributed by atoms with Crippen LogP contribution in [-0.2, 0) is 24.6 Å². The second-order valence-corrected chi connectivity index (χ2v) is 14.4. The number of Topliss-reactive ketones (excluding diaryl/α,β-unsaturated/α-hetero) is 1. The number of methoxy groups -OCH3 is 2. The molecular formula is C44H38BNO9. The molecule has 3 N–H and O–H groups in total. The van der Waals surface area contributed by atoms with E-state index in [1.807, 2.05) is 60.7 Å². The molecule has 11 heteroatoms. The van der Waals surface area contributed by atoms with E-state index in [0.717, 1.165) is 10.5 Å². The monoisotopic (exact) mass is 735 g/mol. The third-order valence-corrected chi connectivity index (χ3v) is 11.8. The average molecular weight is 736 g/mol. The summed E-state index contributed by atoms with van der Waals surface area (Å²) in [6, 6.07) is 27.7. The van der Waals surface area contributed by atoms with Gasteiger partial charge in [0, 0.05) is 17.4 Å². The number of aromatic hydroxyl groups is 1. The topological polar surface area (TPSA) is 151 Å². The number of anilines is 1. The van der Waals surface area contributed by atoms with Gasteiger partial charge >= 0.3 is 7.12 Å². The maximum atomic E-state index is 15.2. The molecule has 6 atom stereocenters.